The van der Waals surface area contributed by atoms with Crippen molar-refractivity contribution >= 4 is 11.8 Å². The Bertz CT molecular complexity index is 281. The van der Waals surface area contributed by atoms with Crippen molar-refractivity contribution in [2.24, 2.45) is 0 Å². The number of carbonyl (C=O) groups excluding carboxylic acids is 2. The van der Waals surface area contributed by atoms with Crippen LogP contribution in [-0.4, -0.2) is 11.8 Å². The summed E-state index contributed by atoms with van der Waals surface area (Å²) in [7, 11) is 0. The molecule has 0 saturated heterocycles. The lowest BCUT2D eigenvalue weighted by molar-refractivity contribution is 0.0835. The van der Waals surface area contributed by atoms with Crippen molar-refractivity contribution in [3.05, 3.63) is 35.4 Å². The van der Waals surface area contributed by atoms with E-state index in [-0.39, 0.29) is 11.3 Å². The van der Waals surface area contributed by atoms with Gasteiger partial charge < -0.3 is 0 Å². The summed E-state index contributed by atoms with van der Waals surface area (Å²) < 4.78 is 12.0. The molecule has 0 unspecified atom stereocenters. The molecule has 1 aromatic rings. The highest BCUT2D eigenvalue weighted by Crippen LogP contribution is 2.05. The predicted molar refractivity (Wildman–Crippen MR) is 41.9 cm³/mol. The van der Waals surface area contributed by atoms with Gasteiger partial charge in [0.25, 0.3) is 0 Å². The summed E-state index contributed by atoms with van der Waals surface area (Å²) in [4.78, 5) is 20.9. The minimum atomic E-state index is -1.48. The molecule has 0 aliphatic carbocycles. The highest BCUT2D eigenvalue weighted by atomic mass is 19.1. The van der Waals surface area contributed by atoms with Crippen molar-refractivity contribution < 1.29 is 14.0 Å². The summed E-state index contributed by atoms with van der Waals surface area (Å²) in [6.07, 6.45) is 0. The van der Waals surface area contributed by atoms with E-state index >= 15 is 0 Å². The van der Waals surface area contributed by atoms with E-state index in [1.807, 2.05) is 0 Å². The molecule has 0 aliphatic rings. The molecule has 0 radical (unpaired) electrons. The third-order valence-corrected chi connectivity index (χ3v) is 1.52. The van der Waals surface area contributed by atoms with Crippen LogP contribution in [0.3, 0.4) is 0 Å². The monoisotopic (exact) mass is 166 g/mol. The van der Waals surface area contributed by atoms with Crippen molar-refractivity contribution in [2.45, 2.75) is 6.92 Å². The van der Waals surface area contributed by atoms with E-state index in [4.69, 9.17) is 0 Å². The highest BCUT2D eigenvalue weighted by molar-refractivity contribution is 5.95. The normalized spacial score (nSPS) is 9.50. The zero-order chi connectivity index (χ0) is 9.14. The second kappa shape index (κ2) is 3.26. The third-order valence-electron chi connectivity index (χ3n) is 1.52. The first kappa shape index (κ1) is 8.59. The zero-order valence-electron chi connectivity index (χ0n) is 6.50. The molecule has 0 bridgehead atoms. The van der Waals surface area contributed by atoms with Gasteiger partial charge in [0.05, 0.1) is 5.56 Å². The molecule has 2 nitrogen and oxygen atoms in total. The Balaban J connectivity index is 3.01. The lowest BCUT2D eigenvalue weighted by atomic mass is 10.1. The zero-order valence-corrected chi connectivity index (χ0v) is 6.50. The number of ketones is 1. The molecule has 12 heavy (non-hydrogen) atoms. The number of hydrogen-bond donors (Lipinski definition) is 0. The summed E-state index contributed by atoms with van der Waals surface area (Å²) >= 11 is 0. The molecule has 0 fully saturated rings. The van der Waals surface area contributed by atoms with Crippen LogP contribution in [0.5, 0.6) is 0 Å². The Hall–Kier alpha value is -1.51. The van der Waals surface area contributed by atoms with Crippen LogP contribution in [0, 0.1) is 0 Å². The Kier molecular flexibility index (Phi) is 2.33. The maximum absolute atomic E-state index is 12.0. The maximum atomic E-state index is 12.0. The van der Waals surface area contributed by atoms with Gasteiger partial charge in [-0.1, -0.05) is 12.1 Å². The molecule has 62 valence electrons. The number of carbonyl (C=O) groups is 2. The molecule has 0 spiro atoms. The molecular formula is C9H7FO2. The summed E-state index contributed by atoms with van der Waals surface area (Å²) in [6.45, 7) is 1.41. The maximum Gasteiger partial charge on any atom is 0.332 e. The number of halogens is 1. The van der Waals surface area contributed by atoms with E-state index in [1.165, 1.54) is 31.2 Å². The average Bonchev–Trinajstić information content (AvgIpc) is 2.04. The molecule has 0 saturated carbocycles. The van der Waals surface area contributed by atoms with Gasteiger partial charge in [-0.25, -0.2) is 0 Å². The molecular weight excluding hydrogens is 159 g/mol. The molecule has 0 N–H and O–H groups in total. The molecule has 0 atom stereocenters. The van der Waals surface area contributed by atoms with E-state index in [2.05, 4.69) is 0 Å². The van der Waals surface area contributed by atoms with Crippen LogP contribution < -0.4 is 0 Å². The Labute approximate surface area is 69.0 Å². The van der Waals surface area contributed by atoms with Gasteiger partial charge in [-0.15, -0.1) is 0 Å². The Morgan fingerprint density at radius 2 is 1.50 bits per heavy atom. The van der Waals surface area contributed by atoms with E-state index in [0.29, 0.717) is 5.56 Å². The summed E-state index contributed by atoms with van der Waals surface area (Å²) in [5.74, 6) is -0.104. The van der Waals surface area contributed by atoms with Crippen LogP contribution in [0.15, 0.2) is 24.3 Å². The van der Waals surface area contributed by atoms with Gasteiger partial charge in [0, 0.05) is 5.56 Å². The van der Waals surface area contributed by atoms with Crippen LogP contribution in [-0.2, 0) is 0 Å². The SMILES string of the molecule is CC(=O)c1ccc(C(=O)F)cc1. The van der Waals surface area contributed by atoms with E-state index in [0.717, 1.165) is 0 Å². The van der Waals surface area contributed by atoms with Gasteiger partial charge in [-0.2, -0.15) is 4.39 Å². The van der Waals surface area contributed by atoms with E-state index in [9.17, 15) is 14.0 Å². The average molecular weight is 166 g/mol. The van der Waals surface area contributed by atoms with Crippen molar-refractivity contribution in [3.8, 4) is 0 Å². The molecule has 1 rings (SSSR count). The van der Waals surface area contributed by atoms with Crippen molar-refractivity contribution in [1.82, 2.24) is 0 Å². The number of Topliss-reactive ketones (excluding diaryl/α,β-unsaturated/α-hetero) is 1. The largest absolute Gasteiger partial charge is 0.332 e. The van der Waals surface area contributed by atoms with Gasteiger partial charge in [0.15, 0.2) is 5.78 Å². The summed E-state index contributed by atoms with van der Waals surface area (Å²) in [5.41, 5.74) is 0.444. The van der Waals surface area contributed by atoms with Crippen LogP contribution in [0.25, 0.3) is 0 Å². The van der Waals surface area contributed by atoms with Crippen molar-refractivity contribution in [2.75, 3.05) is 0 Å². The molecule has 0 aliphatic heterocycles. The summed E-state index contributed by atoms with van der Waals surface area (Å²) in [6, 6.07) is 3.95. The topological polar surface area (TPSA) is 34.1 Å². The van der Waals surface area contributed by atoms with Crippen LogP contribution in [0.2, 0.25) is 0 Å². The van der Waals surface area contributed by atoms with Crippen LogP contribution in [0.4, 0.5) is 4.39 Å². The lowest BCUT2D eigenvalue weighted by Gasteiger charge is -1.94. The number of benzene rings is 1. The molecule has 0 heterocycles. The molecule has 0 aromatic heterocycles. The fourth-order valence-electron chi connectivity index (χ4n) is 0.836. The van der Waals surface area contributed by atoms with Crippen LogP contribution in [0.1, 0.15) is 27.6 Å². The van der Waals surface area contributed by atoms with Crippen molar-refractivity contribution in [3.63, 3.8) is 0 Å². The van der Waals surface area contributed by atoms with Gasteiger partial charge >= 0.3 is 6.04 Å². The Morgan fingerprint density at radius 1 is 1.08 bits per heavy atom. The van der Waals surface area contributed by atoms with Gasteiger partial charge in [-0.3, -0.25) is 9.59 Å². The first-order valence-corrected chi connectivity index (χ1v) is 3.42. The van der Waals surface area contributed by atoms with E-state index < -0.39 is 6.04 Å². The van der Waals surface area contributed by atoms with Gasteiger partial charge in [0.2, 0.25) is 0 Å². The quantitative estimate of drug-likeness (QED) is 0.497. The molecule has 1 aromatic carbocycles. The second-order valence-electron chi connectivity index (χ2n) is 2.41. The van der Waals surface area contributed by atoms with E-state index in [1.54, 1.807) is 0 Å². The first-order chi connectivity index (χ1) is 5.61. The van der Waals surface area contributed by atoms with Crippen LogP contribution >= 0.6 is 0 Å². The summed E-state index contributed by atoms with van der Waals surface area (Å²) in [5, 5.41) is 0. The van der Waals surface area contributed by atoms with Gasteiger partial charge in [0.1, 0.15) is 0 Å². The predicted octanol–water partition coefficient (Wildman–Crippen LogP) is 2.00. The third kappa shape index (κ3) is 1.75. The second-order valence-corrected chi connectivity index (χ2v) is 2.41. The smallest absolute Gasteiger partial charge is 0.295 e. The minimum absolute atomic E-state index is 0.0278. The van der Waals surface area contributed by atoms with Gasteiger partial charge in [-0.05, 0) is 19.1 Å². The lowest BCUT2D eigenvalue weighted by Crippen LogP contribution is -1.94. The minimum Gasteiger partial charge on any atom is -0.295 e. The highest BCUT2D eigenvalue weighted by Gasteiger charge is 2.03. The number of hydrogen-bond acceptors (Lipinski definition) is 2. The Morgan fingerprint density at radius 3 is 1.83 bits per heavy atom. The fourth-order valence-corrected chi connectivity index (χ4v) is 0.836. The molecule has 0 amide bonds. The molecule has 3 heteroatoms. The number of rotatable bonds is 2. The standard InChI is InChI=1S/C9H7FO2/c1-6(11)7-2-4-8(5-3-7)9(10)12/h2-5H,1H3. The fraction of sp³-hybridized carbons (Fsp3) is 0.111. The first-order valence-electron chi connectivity index (χ1n) is 3.42. The van der Waals surface area contributed by atoms with Crippen molar-refractivity contribution in [1.29, 1.82) is 0 Å².